The molecule has 0 bridgehead atoms. The number of halogens is 1. The van der Waals surface area contributed by atoms with Gasteiger partial charge in [-0.05, 0) is 42.6 Å². The third kappa shape index (κ3) is 2.59. The third-order valence-corrected chi connectivity index (χ3v) is 4.31. The molecule has 1 aliphatic heterocycles. The fraction of sp³-hybridized carbons (Fsp3) is 0.667. The molecule has 18 heavy (non-hydrogen) atoms. The van der Waals surface area contributed by atoms with Gasteiger partial charge in [-0.1, -0.05) is 0 Å². The molecule has 2 heterocycles. The molecule has 5 nitrogen and oxygen atoms in total. The molecule has 0 saturated carbocycles. The summed E-state index contributed by atoms with van der Waals surface area (Å²) in [6.07, 6.45) is 2.19. The van der Waals surface area contributed by atoms with Crippen LogP contribution in [-0.4, -0.2) is 34.4 Å². The normalized spacial score (nSPS) is 21.0. The van der Waals surface area contributed by atoms with Gasteiger partial charge < -0.3 is 10.1 Å². The summed E-state index contributed by atoms with van der Waals surface area (Å²) in [6, 6.07) is 0.00853. The van der Waals surface area contributed by atoms with Gasteiger partial charge in [0.1, 0.15) is 0 Å². The van der Waals surface area contributed by atoms with Crippen LogP contribution in [0.2, 0.25) is 0 Å². The summed E-state index contributed by atoms with van der Waals surface area (Å²) in [7, 11) is 1.82. The fourth-order valence-corrected chi connectivity index (χ4v) is 2.61. The zero-order valence-corrected chi connectivity index (χ0v) is 12.5. The van der Waals surface area contributed by atoms with Gasteiger partial charge in [-0.2, -0.15) is 5.10 Å². The van der Waals surface area contributed by atoms with Gasteiger partial charge in [0.2, 0.25) is 0 Å². The van der Waals surface area contributed by atoms with E-state index in [0.717, 1.165) is 29.6 Å². The van der Waals surface area contributed by atoms with Gasteiger partial charge >= 0.3 is 0 Å². The molecule has 0 spiro atoms. The van der Waals surface area contributed by atoms with Crippen molar-refractivity contribution in [3.8, 4) is 0 Å². The van der Waals surface area contributed by atoms with Gasteiger partial charge in [-0.15, -0.1) is 0 Å². The number of hydrogen-bond acceptors (Lipinski definition) is 3. The van der Waals surface area contributed by atoms with E-state index in [1.54, 1.807) is 4.68 Å². The number of carbonyl (C=O) groups excluding carboxylic acids is 1. The molecule has 0 radical (unpaired) electrons. The molecule has 6 heteroatoms. The van der Waals surface area contributed by atoms with E-state index in [9.17, 15) is 4.79 Å². The van der Waals surface area contributed by atoms with E-state index >= 15 is 0 Å². The predicted octanol–water partition coefficient (Wildman–Crippen LogP) is 1.79. The number of nitrogens with zero attached hydrogens (tertiary/aromatic N) is 2. The number of nitrogens with one attached hydrogen (secondary N) is 1. The summed E-state index contributed by atoms with van der Waals surface area (Å²) in [5.41, 5.74) is 1.37. The molecule has 2 rings (SSSR count). The molecular formula is C12H18BrN3O2. The third-order valence-electron chi connectivity index (χ3n) is 3.36. The molecule has 1 aromatic rings. The van der Waals surface area contributed by atoms with Crippen molar-refractivity contribution in [3.05, 3.63) is 15.9 Å². The molecule has 0 aromatic carbocycles. The number of ether oxygens (including phenoxy) is 1. The molecule has 1 fully saturated rings. The first kappa shape index (κ1) is 13.5. The topological polar surface area (TPSA) is 56.1 Å². The van der Waals surface area contributed by atoms with Crippen molar-refractivity contribution < 1.29 is 9.53 Å². The minimum absolute atomic E-state index is 0.00853. The second-order valence-corrected chi connectivity index (χ2v) is 5.48. The summed E-state index contributed by atoms with van der Waals surface area (Å²) in [5, 5.41) is 7.16. The summed E-state index contributed by atoms with van der Waals surface area (Å²) in [4.78, 5) is 12.1. The van der Waals surface area contributed by atoms with Crippen LogP contribution in [0.1, 0.15) is 35.9 Å². The lowest BCUT2D eigenvalue weighted by atomic mass is 10.1. The van der Waals surface area contributed by atoms with Crippen molar-refractivity contribution >= 4 is 21.8 Å². The van der Waals surface area contributed by atoms with Gasteiger partial charge in [0.05, 0.1) is 22.3 Å². The number of carbonyl (C=O) groups is 1. The van der Waals surface area contributed by atoms with Gasteiger partial charge in [0.25, 0.3) is 5.91 Å². The van der Waals surface area contributed by atoms with Crippen LogP contribution in [0.5, 0.6) is 0 Å². The van der Waals surface area contributed by atoms with Gasteiger partial charge in [-0.3, -0.25) is 9.48 Å². The Balaban J connectivity index is 2.04. The van der Waals surface area contributed by atoms with Crippen molar-refractivity contribution in [1.29, 1.82) is 0 Å². The number of hydrogen-bond donors (Lipinski definition) is 1. The zero-order chi connectivity index (χ0) is 13.3. The zero-order valence-electron chi connectivity index (χ0n) is 10.9. The van der Waals surface area contributed by atoms with E-state index in [4.69, 9.17) is 4.74 Å². The quantitative estimate of drug-likeness (QED) is 0.925. The minimum Gasteiger partial charge on any atom is -0.376 e. The highest BCUT2D eigenvalue weighted by atomic mass is 79.9. The summed E-state index contributed by atoms with van der Waals surface area (Å²) < 4.78 is 8.00. The lowest BCUT2D eigenvalue weighted by Gasteiger charge is -2.19. The average molecular weight is 316 g/mol. The van der Waals surface area contributed by atoms with Crippen LogP contribution < -0.4 is 5.32 Å². The largest absolute Gasteiger partial charge is 0.376 e. The van der Waals surface area contributed by atoms with Crippen LogP contribution in [0.15, 0.2) is 4.47 Å². The number of amides is 1. The Morgan fingerprint density at radius 3 is 2.89 bits per heavy atom. The van der Waals surface area contributed by atoms with E-state index < -0.39 is 0 Å². The Labute approximate surface area is 115 Å². The van der Waals surface area contributed by atoms with Crippen molar-refractivity contribution in [3.63, 3.8) is 0 Å². The highest BCUT2D eigenvalue weighted by Gasteiger charge is 2.26. The van der Waals surface area contributed by atoms with Gasteiger partial charge in [0, 0.05) is 13.7 Å². The molecule has 1 N–H and O–H groups in total. The summed E-state index contributed by atoms with van der Waals surface area (Å²) in [5.74, 6) is -0.159. The van der Waals surface area contributed by atoms with E-state index in [0.29, 0.717) is 5.69 Å². The Kier molecular flexibility index (Phi) is 4.07. The van der Waals surface area contributed by atoms with Crippen molar-refractivity contribution in [2.75, 3.05) is 6.61 Å². The molecule has 0 aliphatic carbocycles. The average Bonchev–Trinajstić information content (AvgIpc) is 2.94. The van der Waals surface area contributed by atoms with Crippen LogP contribution >= 0.6 is 15.9 Å². The molecule has 1 aliphatic rings. The first-order chi connectivity index (χ1) is 8.50. The monoisotopic (exact) mass is 315 g/mol. The molecule has 1 saturated heterocycles. The molecule has 2 atom stereocenters. The van der Waals surface area contributed by atoms with Crippen LogP contribution in [0.4, 0.5) is 0 Å². The van der Waals surface area contributed by atoms with Gasteiger partial charge in [0.15, 0.2) is 5.69 Å². The summed E-state index contributed by atoms with van der Waals surface area (Å²) in [6.45, 7) is 4.67. The smallest absolute Gasteiger partial charge is 0.273 e. The van der Waals surface area contributed by atoms with Gasteiger partial charge in [-0.25, -0.2) is 0 Å². The number of aryl methyl sites for hydroxylation is 1. The van der Waals surface area contributed by atoms with E-state index in [2.05, 4.69) is 26.3 Å². The molecule has 1 amide bonds. The van der Waals surface area contributed by atoms with Crippen LogP contribution in [0.3, 0.4) is 0 Å². The Morgan fingerprint density at radius 2 is 2.39 bits per heavy atom. The SMILES string of the molecule is Cc1c(Br)c(C(=O)N[C@@H](C)[C@H]2CCCO2)nn1C. The van der Waals surface area contributed by atoms with Crippen molar-refractivity contribution in [2.45, 2.75) is 38.8 Å². The Morgan fingerprint density at radius 1 is 1.67 bits per heavy atom. The minimum atomic E-state index is -0.159. The molecule has 1 aromatic heterocycles. The van der Waals surface area contributed by atoms with Crippen molar-refractivity contribution in [1.82, 2.24) is 15.1 Å². The first-order valence-electron chi connectivity index (χ1n) is 6.12. The maximum atomic E-state index is 12.1. The molecule has 100 valence electrons. The number of aromatic nitrogens is 2. The van der Waals surface area contributed by atoms with E-state index in [1.165, 1.54) is 0 Å². The molecular weight excluding hydrogens is 298 g/mol. The highest BCUT2D eigenvalue weighted by Crippen LogP contribution is 2.21. The van der Waals surface area contributed by atoms with Crippen LogP contribution in [-0.2, 0) is 11.8 Å². The second kappa shape index (κ2) is 5.40. The Bertz CT molecular complexity index is 452. The highest BCUT2D eigenvalue weighted by molar-refractivity contribution is 9.10. The second-order valence-electron chi connectivity index (χ2n) is 4.69. The lowest BCUT2D eigenvalue weighted by Crippen LogP contribution is -2.41. The number of rotatable bonds is 3. The maximum Gasteiger partial charge on any atom is 0.273 e. The Hall–Kier alpha value is -0.880. The lowest BCUT2D eigenvalue weighted by molar-refractivity contribution is 0.0708. The van der Waals surface area contributed by atoms with E-state index in [-0.39, 0.29) is 18.1 Å². The van der Waals surface area contributed by atoms with Crippen LogP contribution in [0.25, 0.3) is 0 Å². The van der Waals surface area contributed by atoms with Crippen LogP contribution in [0, 0.1) is 6.92 Å². The van der Waals surface area contributed by atoms with E-state index in [1.807, 2.05) is 20.9 Å². The maximum absolute atomic E-state index is 12.1. The van der Waals surface area contributed by atoms with Crippen molar-refractivity contribution in [2.24, 2.45) is 7.05 Å². The molecule has 0 unspecified atom stereocenters. The first-order valence-corrected chi connectivity index (χ1v) is 6.91. The standard InChI is InChI=1S/C12H18BrN3O2/c1-7(9-5-4-6-18-9)14-12(17)11-10(13)8(2)16(3)15-11/h7,9H,4-6H2,1-3H3,(H,14,17)/t7-,9+/m0/s1. The summed E-state index contributed by atoms with van der Waals surface area (Å²) >= 11 is 3.40. The fourth-order valence-electron chi connectivity index (χ4n) is 2.09. The predicted molar refractivity (Wildman–Crippen MR) is 71.5 cm³/mol.